The molecule has 1 aliphatic heterocycles. The minimum Gasteiger partial charge on any atom is -0.349 e. The maximum atomic E-state index is 12.5. The van der Waals surface area contributed by atoms with Crippen LogP contribution in [0.4, 0.5) is 10.2 Å². The normalized spacial score (nSPS) is 17.7. The second-order valence-electron chi connectivity index (χ2n) is 2.81. The zero-order chi connectivity index (χ0) is 8.55. The first-order valence-electron chi connectivity index (χ1n) is 3.77. The third-order valence-electron chi connectivity index (χ3n) is 1.88. The second kappa shape index (κ2) is 2.90. The van der Waals surface area contributed by atoms with Gasteiger partial charge in [-0.1, -0.05) is 11.6 Å². The van der Waals surface area contributed by atoms with E-state index in [2.05, 4.69) is 4.98 Å². The van der Waals surface area contributed by atoms with Crippen LogP contribution in [0, 0.1) is 0 Å². The maximum Gasteiger partial charge on any atom is 0.147 e. The van der Waals surface area contributed by atoms with E-state index < -0.39 is 6.17 Å². The third-order valence-corrected chi connectivity index (χ3v) is 2.17. The molecular formula is C8H8ClFN2. The van der Waals surface area contributed by atoms with Gasteiger partial charge in [-0.15, -0.1) is 0 Å². The van der Waals surface area contributed by atoms with Gasteiger partial charge in [0.25, 0.3) is 0 Å². The summed E-state index contributed by atoms with van der Waals surface area (Å²) < 4.78 is 12.5. The zero-order valence-corrected chi connectivity index (χ0v) is 7.13. The predicted molar refractivity (Wildman–Crippen MR) is 46.4 cm³/mol. The van der Waals surface area contributed by atoms with E-state index in [9.17, 15) is 4.39 Å². The standard InChI is InChI=1S/C8H8ClFN2/c9-7-2-1-3-11-8(7)12-4-6(10)5-12/h1-3,6H,4-5H2. The van der Waals surface area contributed by atoms with Gasteiger partial charge in [0.05, 0.1) is 18.1 Å². The summed E-state index contributed by atoms with van der Waals surface area (Å²) in [5, 5.41) is 0.587. The number of hydrogen-bond donors (Lipinski definition) is 0. The molecule has 0 aromatic carbocycles. The Morgan fingerprint density at radius 1 is 1.58 bits per heavy atom. The summed E-state index contributed by atoms with van der Waals surface area (Å²) in [6, 6.07) is 3.52. The van der Waals surface area contributed by atoms with Gasteiger partial charge in [-0.25, -0.2) is 9.37 Å². The summed E-state index contributed by atoms with van der Waals surface area (Å²) in [7, 11) is 0. The van der Waals surface area contributed by atoms with E-state index in [-0.39, 0.29) is 0 Å². The van der Waals surface area contributed by atoms with Gasteiger partial charge in [-0.3, -0.25) is 0 Å². The minimum atomic E-state index is -0.719. The van der Waals surface area contributed by atoms with Gasteiger partial charge in [0.2, 0.25) is 0 Å². The van der Waals surface area contributed by atoms with E-state index in [0.29, 0.717) is 23.9 Å². The fourth-order valence-corrected chi connectivity index (χ4v) is 1.45. The number of alkyl halides is 1. The highest BCUT2D eigenvalue weighted by atomic mass is 35.5. The van der Waals surface area contributed by atoms with Crippen molar-refractivity contribution in [2.75, 3.05) is 18.0 Å². The van der Waals surface area contributed by atoms with Crippen LogP contribution >= 0.6 is 11.6 Å². The zero-order valence-electron chi connectivity index (χ0n) is 6.37. The summed E-state index contributed by atoms with van der Waals surface area (Å²) in [4.78, 5) is 5.89. The molecule has 1 saturated heterocycles. The van der Waals surface area contributed by atoms with Crippen molar-refractivity contribution in [2.45, 2.75) is 6.17 Å². The van der Waals surface area contributed by atoms with E-state index in [4.69, 9.17) is 11.6 Å². The molecule has 1 fully saturated rings. The van der Waals surface area contributed by atoms with E-state index >= 15 is 0 Å². The fraction of sp³-hybridized carbons (Fsp3) is 0.375. The lowest BCUT2D eigenvalue weighted by molar-refractivity contribution is 0.273. The molecule has 0 radical (unpaired) electrons. The lowest BCUT2D eigenvalue weighted by Crippen LogP contribution is -2.48. The van der Waals surface area contributed by atoms with E-state index in [0.717, 1.165) is 0 Å². The van der Waals surface area contributed by atoms with Crippen molar-refractivity contribution in [3.8, 4) is 0 Å². The minimum absolute atomic E-state index is 0.413. The molecule has 1 aromatic rings. The number of anilines is 1. The number of hydrogen-bond acceptors (Lipinski definition) is 2. The molecule has 4 heteroatoms. The van der Waals surface area contributed by atoms with Crippen LogP contribution in [-0.4, -0.2) is 24.2 Å². The molecule has 0 aliphatic carbocycles. The molecule has 0 bridgehead atoms. The average Bonchev–Trinajstić information content (AvgIpc) is 2.01. The van der Waals surface area contributed by atoms with Gasteiger partial charge in [-0.05, 0) is 12.1 Å². The Kier molecular flexibility index (Phi) is 1.89. The molecule has 0 atom stereocenters. The topological polar surface area (TPSA) is 16.1 Å². The monoisotopic (exact) mass is 186 g/mol. The summed E-state index contributed by atoms with van der Waals surface area (Å²) in [6.45, 7) is 0.827. The van der Waals surface area contributed by atoms with Crippen LogP contribution in [0.25, 0.3) is 0 Å². The van der Waals surface area contributed by atoms with Crippen molar-refractivity contribution in [3.05, 3.63) is 23.4 Å². The van der Waals surface area contributed by atoms with Crippen molar-refractivity contribution in [1.29, 1.82) is 0 Å². The highest BCUT2D eigenvalue weighted by Crippen LogP contribution is 2.26. The molecule has 0 saturated carbocycles. The molecule has 0 N–H and O–H groups in total. The van der Waals surface area contributed by atoms with Crippen molar-refractivity contribution in [3.63, 3.8) is 0 Å². The Labute approximate surface area is 75.0 Å². The average molecular weight is 187 g/mol. The van der Waals surface area contributed by atoms with Crippen molar-refractivity contribution < 1.29 is 4.39 Å². The summed E-state index contributed by atoms with van der Waals surface area (Å²) in [5.41, 5.74) is 0. The Hall–Kier alpha value is -0.830. The van der Waals surface area contributed by atoms with Crippen molar-refractivity contribution in [2.24, 2.45) is 0 Å². The number of nitrogens with zero attached hydrogens (tertiary/aromatic N) is 2. The Bertz CT molecular complexity index is 286. The molecular weight excluding hydrogens is 179 g/mol. The Morgan fingerprint density at radius 3 is 2.92 bits per heavy atom. The fourth-order valence-electron chi connectivity index (χ4n) is 1.21. The first-order valence-corrected chi connectivity index (χ1v) is 4.14. The molecule has 0 amide bonds. The smallest absolute Gasteiger partial charge is 0.147 e. The van der Waals surface area contributed by atoms with Crippen LogP contribution in [0.3, 0.4) is 0 Å². The quantitative estimate of drug-likeness (QED) is 0.666. The van der Waals surface area contributed by atoms with Crippen molar-refractivity contribution >= 4 is 17.4 Å². The van der Waals surface area contributed by atoms with E-state index in [1.807, 2.05) is 4.90 Å². The van der Waals surface area contributed by atoms with Crippen LogP contribution in [0.1, 0.15) is 0 Å². The summed E-state index contributed by atoms with van der Waals surface area (Å²) >= 11 is 5.85. The first-order chi connectivity index (χ1) is 5.77. The van der Waals surface area contributed by atoms with Crippen LogP contribution in [-0.2, 0) is 0 Å². The summed E-state index contributed by atoms with van der Waals surface area (Å²) in [5.74, 6) is 0.688. The SMILES string of the molecule is FC1CN(c2ncccc2Cl)C1. The van der Waals surface area contributed by atoms with Crippen LogP contribution in [0.2, 0.25) is 5.02 Å². The van der Waals surface area contributed by atoms with Gasteiger partial charge in [0.15, 0.2) is 0 Å². The van der Waals surface area contributed by atoms with Crippen LogP contribution < -0.4 is 4.90 Å². The molecule has 2 rings (SSSR count). The second-order valence-corrected chi connectivity index (χ2v) is 3.22. The highest BCUT2D eigenvalue weighted by molar-refractivity contribution is 6.32. The molecule has 64 valence electrons. The summed E-state index contributed by atoms with van der Waals surface area (Å²) in [6.07, 6.45) is 0.940. The predicted octanol–water partition coefficient (Wildman–Crippen LogP) is 1.89. The number of pyridine rings is 1. The molecule has 12 heavy (non-hydrogen) atoms. The number of halogens is 2. The first kappa shape index (κ1) is 7.80. The van der Waals surface area contributed by atoms with Gasteiger partial charge in [-0.2, -0.15) is 0 Å². The van der Waals surface area contributed by atoms with Crippen LogP contribution in [0.5, 0.6) is 0 Å². The lowest BCUT2D eigenvalue weighted by Gasteiger charge is -2.35. The van der Waals surface area contributed by atoms with E-state index in [1.165, 1.54) is 0 Å². The van der Waals surface area contributed by atoms with Gasteiger partial charge >= 0.3 is 0 Å². The van der Waals surface area contributed by atoms with Gasteiger partial charge in [0, 0.05) is 6.20 Å². The maximum absolute atomic E-state index is 12.5. The lowest BCUT2D eigenvalue weighted by atomic mass is 10.2. The Balaban J connectivity index is 2.18. The van der Waals surface area contributed by atoms with Gasteiger partial charge < -0.3 is 4.90 Å². The van der Waals surface area contributed by atoms with Gasteiger partial charge in [0.1, 0.15) is 12.0 Å². The third kappa shape index (κ3) is 1.25. The van der Waals surface area contributed by atoms with Crippen molar-refractivity contribution in [1.82, 2.24) is 4.98 Å². The molecule has 0 unspecified atom stereocenters. The molecule has 2 nitrogen and oxygen atoms in total. The molecule has 2 heterocycles. The number of aromatic nitrogens is 1. The number of rotatable bonds is 1. The highest BCUT2D eigenvalue weighted by Gasteiger charge is 2.28. The van der Waals surface area contributed by atoms with Crippen LogP contribution in [0.15, 0.2) is 18.3 Å². The molecule has 1 aromatic heterocycles. The molecule has 1 aliphatic rings. The Morgan fingerprint density at radius 2 is 2.33 bits per heavy atom. The van der Waals surface area contributed by atoms with E-state index in [1.54, 1.807) is 18.3 Å². The molecule has 0 spiro atoms. The largest absolute Gasteiger partial charge is 0.349 e.